The second-order valence-electron chi connectivity index (χ2n) is 7.68. The highest BCUT2D eigenvalue weighted by Crippen LogP contribution is 2.43. The molecule has 0 saturated carbocycles. The molecule has 33 heavy (non-hydrogen) atoms. The van der Waals surface area contributed by atoms with Gasteiger partial charge < -0.3 is 14.8 Å². The molecule has 0 unspecified atom stereocenters. The molecule has 5 rings (SSSR count). The van der Waals surface area contributed by atoms with Crippen LogP contribution in [0.3, 0.4) is 0 Å². The zero-order valence-corrected chi connectivity index (χ0v) is 18.4. The zero-order valence-electron chi connectivity index (χ0n) is 18.4. The van der Waals surface area contributed by atoms with Crippen LogP contribution in [-0.4, -0.2) is 45.1 Å². The summed E-state index contributed by atoms with van der Waals surface area (Å²) in [5, 5.41) is 15.9. The van der Waals surface area contributed by atoms with Crippen LogP contribution in [0, 0.1) is 6.92 Å². The minimum atomic E-state index is -0.242. The summed E-state index contributed by atoms with van der Waals surface area (Å²) in [5.41, 5.74) is 4.12. The Hall–Kier alpha value is -4.27. The lowest BCUT2D eigenvalue weighted by atomic mass is 9.85. The Labute approximate surface area is 190 Å². The molecule has 0 aliphatic carbocycles. The van der Waals surface area contributed by atoms with E-state index < -0.39 is 0 Å². The number of fused-ring (bicyclic) bond motifs is 1. The van der Waals surface area contributed by atoms with E-state index in [-0.39, 0.29) is 24.2 Å². The quantitative estimate of drug-likeness (QED) is 0.504. The fourth-order valence-electron chi connectivity index (χ4n) is 4.20. The van der Waals surface area contributed by atoms with Crippen molar-refractivity contribution in [1.82, 2.24) is 25.0 Å². The van der Waals surface area contributed by atoms with E-state index in [2.05, 4.69) is 25.6 Å². The fraction of sp³-hybridized carbons (Fsp3) is 0.208. The van der Waals surface area contributed by atoms with E-state index in [1.54, 1.807) is 25.1 Å². The van der Waals surface area contributed by atoms with Crippen LogP contribution in [0.15, 0.2) is 54.7 Å². The number of carbonyl (C=O) groups is 1. The molecule has 1 amide bonds. The molecule has 2 aromatic heterocycles. The molecule has 0 radical (unpaired) electrons. The van der Waals surface area contributed by atoms with Gasteiger partial charge in [-0.3, -0.25) is 4.79 Å². The highest BCUT2D eigenvalue weighted by atomic mass is 16.5. The van der Waals surface area contributed by atoms with Gasteiger partial charge in [-0.25, -0.2) is 4.98 Å². The van der Waals surface area contributed by atoms with Gasteiger partial charge >= 0.3 is 0 Å². The molecule has 1 aliphatic rings. The van der Waals surface area contributed by atoms with Crippen molar-refractivity contribution in [2.45, 2.75) is 19.3 Å². The van der Waals surface area contributed by atoms with Crippen LogP contribution in [0.25, 0.3) is 17.2 Å². The smallest absolute Gasteiger partial charge is 0.272 e. The van der Waals surface area contributed by atoms with Crippen molar-refractivity contribution >= 4 is 11.7 Å². The summed E-state index contributed by atoms with van der Waals surface area (Å²) in [4.78, 5) is 17.4. The Kier molecular flexibility index (Phi) is 5.21. The van der Waals surface area contributed by atoms with Crippen LogP contribution in [-0.2, 0) is 4.79 Å². The lowest BCUT2D eigenvalue weighted by Crippen LogP contribution is -2.25. The van der Waals surface area contributed by atoms with Crippen molar-refractivity contribution in [3.05, 3.63) is 71.5 Å². The van der Waals surface area contributed by atoms with E-state index in [9.17, 15) is 4.79 Å². The highest BCUT2D eigenvalue weighted by molar-refractivity contribution is 5.95. The van der Waals surface area contributed by atoms with E-state index in [0.717, 1.165) is 22.4 Å². The van der Waals surface area contributed by atoms with Crippen molar-refractivity contribution in [1.29, 1.82) is 0 Å². The molecule has 1 N–H and O–H groups in total. The Bertz CT molecular complexity index is 1340. The zero-order chi connectivity index (χ0) is 22.9. The molecule has 9 heteroatoms. The average Bonchev–Trinajstić information content (AvgIpc) is 3.19. The Balaban J connectivity index is 1.63. The second kappa shape index (κ2) is 8.34. The van der Waals surface area contributed by atoms with Gasteiger partial charge in [0.2, 0.25) is 5.91 Å². The SMILES string of the molecule is COc1ccc([C@H]2CC(=O)Nc3c2c(C)nn3-c2nncc(-c3ccccc3)n2)c(OC)c1. The summed E-state index contributed by atoms with van der Waals surface area (Å²) >= 11 is 0. The van der Waals surface area contributed by atoms with Crippen molar-refractivity contribution in [2.24, 2.45) is 0 Å². The van der Waals surface area contributed by atoms with E-state index in [0.29, 0.717) is 23.0 Å². The van der Waals surface area contributed by atoms with E-state index in [1.807, 2.05) is 55.5 Å². The number of aromatic nitrogens is 5. The summed E-state index contributed by atoms with van der Waals surface area (Å²) in [6.45, 7) is 1.91. The summed E-state index contributed by atoms with van der Waals surface area (Å²) in [5.74, 6) is 1.78. The first-order valence-electron chi connectivity index (χ1n) is 10.5. The van der Waals surface area contributed by atoms with Crippen LogP contribution in [0.4, 0.5) is 5.82 Å². The molecule has 0 saturated heterocycles. The van der Waals surface area contributed by atoms with Crippen molar-refractivity contribution in [3.63, 3.8) is 0 Å². The predicted octanol–water partition coefficient (Wildman–Crippen LogP) is 3.52. The molecule has 4 aromatic rings. The van der Waals surface area contributed by atoms with Crippen molar-refractivity contribution in [3.8, 4) is 28.7 Å². The topological polar surface area (TPSA) is 104 Å². The Morgan fingerprint density at radius 1 is 1.09 bits per heavy atom. The molecule has 0 fully saturated rings. The van der Waals surface area contributed by atoms with E-state index in [4.69, 9.17) is 9.47 Å². The molecule has 0 spiro atoms. The summed E-state index contributed by atoms with van der Waals surface area (Å²) in [6, 6.07) is 15.3. The van der Waals surface area contributed by atoms with E-state index >= 15 is 0 Å². The van der Waals surface area contributed by atoms with Crippen LogP contribution < -0.4 is 14.8 Å². The molecule has 3 heterocycles. The minimum absolute atomic E-state index is 0.126. The van der Waals surface area contributed by atoms with Crippen LogP contribution >= 0.6 is 0 Å². The highest BCUT2D eigenvalue weighted by Gasteiger charge is 2.34. The van der Waals surface area contributed by atoms with Crippen molar-refractivity contribution < 1.29 is 14.3 Å². The molecule has 1 atom stereocenters. The fourth-order valence-corrected chi connectivity index (χ4v) is 4.20. The number of rotatable bonds is 5. The number of methoxy groups -OCH3 is 2. The average molecular weight is 442 g/mol. The molecule has 0 bridgehead atoms. The lowest BCUT2D eigenvalue weighted by Gasteiger charge is -2.25. The van der Waals surface area contributed by atoms with Crippen LogP contribution in [0.5, 0.6) is 11.5 Å². The third-order valence-corrected chi connectivity index (χ3v) is 5.73. The summed E-state index contributed by atoms with van der Waals surface area (Å²) < 4.78 is 12.5. The minimum Gasteiger partial charge on any atom is -0.497 e. The molecule has 166 valence electrons. The van der Waals surface area contributed by atoms with Gasteiger partial charge in [-0.15, -0.1) is 5.10 Å². The van der Waals surface area contributed by atoms with E-state index in [1.165, 1.54) is 0 Å². The summed E-state index contributed by atoms with van der Waals surface area (Å²) in [7, 11) is 3.21. The second-order valence-corrected chi connectivity index (χ2v) is 7.68. The number of ether oxygens (including phenoxy) is 2. The number of nitrogens with zero attached hydrogens (tertiary/aromatic N) is 5. The largest absolute Gasteiger partial charge is 0.497 e. The molecule has 9 nitrogen and oxygen atoms in total. The number of amides is 1. The van der Waals surface area contributed by atoms with Gasteiger partial charge in [0.15, 0.2) is 0 Å². The monoisotopic (exact) mass is 442 g/mol. The normalized spacial score (nSPS) is 15.0. The third-order valence-electron chi connectivity index (χ3n) is 5.73. The van der Waals surface area contributed by atoms with Gasteiger partial charge in [0.1, 0.15) is 17.3 Å². The molecular formula is C24H22N6O3. The number of carbonyl (C=O) groups excluding carboxylic acids is 1. The Morgan fingerprint density at radius 3 is 2.67 bits per heavy atom. The van der Waals surface area contributed by atoms with Crippen LogP contribution in [0.2, 0.25) is 0 Å². The predicted molar refractivity (Wildman–Crippen MR) is 122 cm³/mol. The van der Waals surface area contributed by atoms with Gasteiger partial charge in [-0.1, -0.05) is 36.4 Å². The number of hydrogen-bond donors (Lipinski definition) is 1. The number of benzene rings is 2. The molecular weight excluding hydrogens is 420 g/mol. The first kappa shape index (κ1) is 20.6. The summed E-state index contributed by atoms with van der Waals surface area (Å²) in [6.07, 6.45) is 1.87. The first-order chi connectivity index (χ1) is 16.1. The Morgan fingerprint density at radius 2 is 1.91 bits per heavy atom. The molecule has 2 aromatic carbocycles. The van der Waals surface area contributed by atoms with Crippen molar-refractivity contribution in [2.75, 3.05) is 19.5 Å². The number of nitrogens with one attached hydrogen (secondary N) is 1. The maximum absolute atomic E-state index is 12.7. The first-order valence-corrected chi connectivity index (χ1v) is 10.5. The van der Waals surface area contributed by atoms with Gasteiger partial charge in [0, 0.05) is 35.1 Å². The van der Waals surface area contributed by atoms with Gasteiger partial charge in [0.05, 0.1) is 31.8 Å². The van der Waals surface area contributed by atoms with Crippen LogP contribution in [0.1, 0.15) is 29.2 Å². The van der Waals surface area contributed by atoms with Gasteiger partial charge in [0.25, 0.3) is 5.95 Å². The number of aryl methyl sites for hydroxylation is 1. The number of hydrogen-bond acceptors (Lipinski definition) is 7. The maximum atomic E-state index is 12.7. The molecule has 1 aliphatic heterocycles. The maximum Gasteiger partial charge on any atom is 0.272 e. The third kappa shape index (κ3) is 3.67. The van der Waals surface area contributed by atoms with Gasteiger partial charge in [-0.2, -0.15) is 14.9 Å². The standard InChI is InChI=1S/C24H22N6O3/c1-14-22-18(17-10-9-16(32-2)11-20(17)33-3)12-21(31)27-23(22)30(29-14)24-26-19(13-25-28-24)15-7-5-4-6-8-15/h4-11,13,18H,12H2,1-3H3,(H,27,31)/t18-/m1/s1. The van der Waals surface area contributed by atoms with Gasteiger partial charge in [-0.05, 0) is 13.0 Å². The number of anilines is 1. The lowest BCUT2D eigenvalue weighted by molar-refractivity contribution is -0.116.